The molecule has 114 valence electrons. The van der Waals surface area contributed by atoms with E-state index in [-0.39, 0.29) is 6.73 Å². The number of carboxylic acid groups (broad SMARTS) is 1. The molecule has 1 aliphatic heterocycles. The van der Waals surface area contributed by atoms with Crippen molar-refractivity contribution in [2.45, 2.75) is 38.8 Å². The van der Waals surface area contributed by atoms with E-state index >= 15 is 0 Å². The number of nitrogens with one attached hydrogen (secondary N) is 1. The highest BCUT2D eigenvalue weighted by molar-refractivity contribution is 5.89. The van der Waals surface area contributed by atoms with E-state index in [9.17, 15) is 14.4 Å². The normalized spacial score (nSPS) is 16.6. The number of nitrogens with zero attached hydrogens (tertiary/aromatic N) is 1. The molecule has 0 aliphatic carbocycles. The van der Waals surface area contributed by atoms with Crippen LogP contribution in [0.4, 0.5) is 4.79 Å². The molecule has 2 amide bonds. The molecule has 8 heteroatoms. The largest absolute Gasteiger partial charge is 0.481 e. The summed E-state index contributed by atoms with van der Waals surface area (Å²) in [5.41, 5.74) is -0.725. The van der Waals surface area contributed by atoms with Gasteiger partial charge in [0.1, 0.15) is 18.4 Å². The molecule has 0 aromatic rings. The minimum atomic E-state index is -1.18. The molecule has 2 N–H and O–H groups in total. The summed E-state index contributed by atoms with van der Waals surface area (Å²) in [5, 5.41) is 11.1. The van der Waals surface area contributed by atoms with Crippen LogP contribution in [0.3, 0.4) is 0 Å². The highest BCUT2D eigenvalue weighted by Gasteiger charge is 2.31. The summed E-state index contributed by atoms with van der Waals surface area (Å²) >= 11 is 0. The average molecular weight is 288 g/mol. The van der Waals surface area contributed by atoms with E-state index in [0.29, 0.717) is 13.2 Å². The van der Waals surface area contributed by atoms with Gasteiger partial charge in [-0.05, 0) is 20.8 Å². The van der Waals surface area contributed by atoms with Gasteiger partial charge in [0.2, 0.25) is 5.91 Å². The fourth-order valence-corrected chi connectivity index (χ4v) is 1.63. The van der Waals surface area contributed by atoms with Crippen LogP contribution in [0, 0.1) is 0 Å². The first-order valence-electron chi connectivity index (χ1n) is 6.27. The molecule has 1 rings (SSSR count). The second-order valence-electron chi connectivity index (χ2n) is 5.44. The summed E-state index contributed by atoms with van der Waals surface area (Å²) in [6.07, 6.45) is -1.33. The third-order valence-electron chi connectivity index (χ3n) is 2.43. The number of carbonyl (C=O) groups is 3. The molecule has 0 aromatic carbocycles. The lowest BCUT2D eigenvalue weighted by Gasteiger charge is -2.24. The zero-order chi connectivity index (χ0) is 15.3. The van der Waals surface area contributed by atoms with Crippen molar-refractivity contribution < 1.29 is 29.0 Å². The van der Waals surface area contributed by atoms with E-state index < -0.39 is 36.0 Å². The monoisotopic (exact) mass is 288 g/mol. The van der Waals surface area contributed by atoms with E-state index in [1.54, 1.807) is 20.8 Å². The van der Waals surface area contributed by atoms with Gasteiger partial charge in [0, 0.05) is 6.54 Å². The van der Waals surface area contributed by atoms with Crippen LogP contribution < -0.4 is 5.32 Å². The molecule has 0 saturated carbocycles. The van der Waals surface area contributed by atoms with Crippen molar-refractivity contribution in [3.63, 3.8) is 0 Å². The fourth-order valence-electron chi connectivity index (χ4n) is 1.63. The molecule has 1 aliphatic rings. The number of aliphatic carboxylic acids is 1. The van der Waals surface area contributed by atoms with Crippen LogP contribution in [0.2, 0.25) is 0 Å². The van der Waals surface area contributed by atoms with Gasteiger partial charge in [-0.1, -0.05) is 0 Å². The minimum absolute atomic E-state index is 0.102. The number of carboxylic acids is 1. The number of hydrogen-bond donors (Lipinski definition) is 2. The highest BCUT2D eigenvalue weighted by Crippen LogP contribution is 2.09. The van der Waals surface area contributed by atoms with Crippen LogP contribution in [0.15, 0.2) is 0 Å². The van der Waals surface area contributed by atoms with Crippen LogP contribution >= 0.6 is 0 Å². The van der Waals surface area contributed by atoms with E-state index in [0.717, 1.165) is 0 Å². The number of rotatable bonds is 4. The molecule has 1 heterocycles. The Labute approximate surface area is 117 Å². The Morgan fingerprint density at radius 2 is 2.05 bits per heavy atom. The standard InChI is InChI=1S/C12H20N2O6/c1-12(2,3)20-11(18)13-8(6-9(15)16)10(17)14-4-5-19-7-14/h8H,4-7H2,1-3H3,(H,13,18)(H,15,16). The maximum absolute atomic E-state index is 12.1. The van der Waals surface area contributed by atoms with Gasteiger partial charge in [-0.15, -0.1) is 0 Å². The van der Waals surface area contributed by atoms with Gasteiger partial charge in [0.05, 0.1) is 13.0 Å². The zero-order valence-corrected chi connectivity index (χ0v) is 11.8. The van der Waals surface area contributed by atoms with Crippen LogP contribution in [0.25, 0.3) is 0 Å². The van der Waals surface area contributed by atoms with Crippen molar-refractivity contribution in [3.05, 3.63) is 0 Å². The number of ether oxygens (including phenoxy) is 2. The van der Waals surface area contributed by atoms with Crippen molar-refractivity contribution in [2.24, 2.45) is 0 Å². The Kier molecular flexibility index (Phi) is 5.32. The molecule has 20 heavy (non-hydrogen) atoms. The second kappa shape index (κ2) is 6.56. The molecule has 0 aromatic heterocycles. The van der Waals surface area contributed by atoms with Gasteiger partial charge in [-0.3, -0.25) is 9.59 Å². The predicted octanol–water partition coefficient (Wildman–Crippen LogP) is 0.171. The molecule has 8 nitrogen and oxygen atoms in total. The van der Waals surface area contributed by atoms with Gasteiger partial charge in [0.25, 0.3) is 0 Å². The van der Waals surface area contributed by atoms with Crippen LogP contribution in [0.1, 0.15) is 27.2 Å². The first-order valence-corrected chi connectivity index (χ1v) is 6.27. The maximum atomic E-state index is 12.1. The lowest BCUT2D eigenvalue weighted by molar-refractivity contribution is -0.142. The van der Waals surface area contributed by atoms with Gasteiger partial charge in [0.15, 0.2) is 0 Å². The Bertz CT molecular complexity index is 384. The molecule has 0 bridgehead atoms. The molecule has 0 radical (unpaired) electrons. The summed E-state index contributed by atoms with van der Waals surface area (Å²) in [5.74, 6) is -1.67. The van der Waals surface area contributed by atoms with Crippen molar-refractivity contribution >= 4 is 18.0 Å². The number of amides is 2. The topological polar surface area (TPSA) is 105 Å². The summed E-state index contributed by atoms with van der Waals surface area (Å²) in [4.78, 5) is 35.9. The van der Waals surface area contributed by atoms with Gasteiger partial charge in [-0.25, -0.2) is 4.79 Å². The average Bonchev–Trinajstić information content (AvgIpc) is 2.76. The van der Waals surface area contributed by atoms with Crippen molar-refractivity contribution in [2.75, 3.05) is 19.9 Å². The van der Waals surface area contributed by atoms with Crippen LogP contribution in [-0.2, 0) is 19.1 Å². The molecule has 1 unspecified atom stereocenters. The van der Waals surface area contributed by atoms with Crippen molar-refractivity contribution in [3.8, 4) is 0 Å². The van der Waals surface area contributed by atoms with Crippen LogP contribution in [-0.4, -0.2) is 59.5 Å². The van der Waals surface area contributed by atoms with Gasteiger partial charge >= 0.3 is 12.1 Å². The first-order chi connectivity index (χ1) is 9.19. The third-order valence-corrected chi connectivity index (χ3v) is 2.43. The summed E-state index contributed by atoms with van der Waals surface area (Å²) in [6, 6.07) is -1.16. The molecule has 1 atom stereocenters. The maximum Gasteiger partial charge on any atom is 0.408 e. The molecule has 1 saturated heterocycles. The van der Waals surface area contributed by atoms with Gasteiger partial charge < -0.3 is 24.8 Å². The molecule has 0 spiro atoms. The fraction of sp³-hybridized carbons (Fsp3) is 0.750. The highest BCUT2D eigenvalue weighted by atomic mass is 16.6. The summed E-state index contributed by atoms with van der Waals surface area (Å²) in [6.45, 7) is 5.91. The van der Waals surface area contributed by atoms with E-state index in [4.69, 9.17) is 14.6 Å². The summed E-state index contributed by atoms with van der Waals surface area (Å²) in [7, 11) is 0. The predicted molar refractivity (Wildman–Crippen MR) is 67.9 cm³/mol. The summed E-state index contributed by atoms with van der Waals surface area (Å²) < 4.78 is 10.1. The Balaban J connectivity index is 2.66. The first kappa shape index (κ1) is 16.2. The number of carbonyl (C=O) groups excluding carboxylic acids is 2. The quantitative estimate of drug-likeness (QED) is 0.764. The third kappa shape index (κ3) is 5.43. The Hall–Kier alpha value is -1.83. The Morgan fingerprint density at radius 3 is 2.50 bits per heavy atom. The van der Waals surface area contributed by atoms with Crippen molar-refractivity contribution in [1.29, 1.82) is 0 Å². The lowest BCUT2D eigenvalue weighted by atomic mass is 10.2. The minimum Gasteiger partial charge on any atom is -0.481 e. The Morgan fingerprint density at radius 1 is 1.40 bits per heavy atom. The van der Waals surface area contributed by atoms with E-state index in [2.05, 4.69) is 5.32 Å². The smallest absolute Gasteiger partial charge is 0.408 e. The zero-order valence-electron chi connectivity index (χ0n) is 11.8. The number of alkyl carbamates (subject to hydrolysis) is 1. The van der Waals surface area contributed by atoms with E-state index in [1.807, 2.05) is 0 Å². The molecular weight excluding hydrogens is 268 g/mol. The SMILES string of the molecule is CC(C)(C)OC(=O)NC(CC(=O)O)C(=O)N1CCOC1. The second-order valence-corrected chi connectivity index (χ2v) is 5.44. The number of hydrogen-bond acceptors (Lipinski definition) is 5. The van der Waals surface area contributed by atoms with Crippen LogP contribution in [0.5, 0.6) is 0 Å². The van der Waals surface area contributed by atoms with Gasteiger partial charge in [-0.2, -0.15) is 0 Å². The van der Waals surface area contributed by atoms with Crippen molar-refractivity contribution in [1.82, 2.24) is 10.2 Å². The van der Waals surface area contributed by atoms with E-state index in [1.165, 1.54) is 4.90 Å². The lowest BCUT2D eigenvalue weighted by Crippen LogP contribution is -2.50. The molecular formula is C12H20N2O6. The molecule has 1 fully saturated rings.